The van der Waals surface area contributed by atoms with Crippen molar-refractivity contribution in [2.24, 2.45) is 10.8 Å². The molecule has 0 radical (unpaired) electrons. The van der Waals surface area contributed by atoms with Crippen LogP contribution in [-0.4, -0.2) is 18.0 Å². The highest BCUT2D eigenvalue weighted by Gasteiger charge is 2.29. The van der Waals surface area contributed by atoms with Crippen molar-refractivity contribution in [3.05, 3.63) is 35.4 Å². The molecule has 1 rings (SSSR count). The van der Waals surface area contributed by atoms with E-state index in [1.807, 2.05) is 5.43 Å². The summed E-state index contributed by atoms with van der Waals surface area (Å²) in [5, 5.41) is 3.35. The molecule has 0 bridgehead atoms. The molecule has 2 amide bonds. The average Bonchev–Trinajstić information content (AvgIpc) is 2.28. The van der Waals surface area contributed by atoms with Gasteiger partial charge in [-0.15, -0.1) is 0 Å². The monoisotopic (exact) mass is 259 g/mol. The maximum atomic E-state index is 12.2. The van der Waals surface area contributed by atoms with Gasteiger partial charge in [0.25, 0.3) is 0 Å². The number of carbonyl (C=O) groups is 2. The van der Waals surface area contributed by atoms with Gasteiger partial charge >= 0.3 is 18.0 Å². The third-order valence-electron chi connectivity index (χ3n) is 1.84. The minimum absolute atomic E-state index is 0.327. The van der Waals surface area contributed by atoms with Gasteiger partial charge in [0.2, 0.25) is 0 Å². The summed E-state index contributed by atoms with van der Waals surface area (Å²) in [6, 6.07) is 4.08. The first kappa shape index (κ1) is 13.7. The lowest BCUT2D eigenvalue weighted by molar-refractivity contribution is -0.137. The van der Waals surface area contributed by atoms with Crippen LogP contribution in [0.5, 0.6) is 0 Å². The Balaban J connectivity index is 2.67. The summed E-state index contributed by atoms with van der Waals surface area (Å²) in [6.45, 7) is 0. The van der Waals surface area contributed by atoms with E-state index in [4.69, 9.17) is 0 Å². The molecular weight excluding hydrogens is 251 g/mol. The van der Waals surface area contributed by atoms with Crippen LogP contribution in [0.1, 0.15) is 11.1 Å². The molecule has 1 aromatic rings. The minimum atomic E-state index is -4.41. The fraction of sp³-hybridized carbons (Fsp3) is 0.100. The van der Waals surface area contributed by atoms with Crippen LogP contribution in [-0.2, 0) is 15.8 Å². The molecule has 0 atom stereocenters. The summed E-state index contributed by atoms with van der Waals surface area (Å²) in [5.74, 6) is -2.32. The third kappa shape index (κ3) is 3.89. The molecule has 8 heteroatoms. The van der Waals surface area contributed by atoms with Gasteiger partial charge in [0, 0.05) is 0 Å². The Kier molecular flexibility index (Phi) is 4.03. The molecule has 1 aromatic carbocycles. The number of primary amides is 1. The summed E-state index contributed by atoms with van der Waals surface area (Å²) < 4.78 is 36.7. The molecule has 0 heterocycles. The first-order chi connectivity index (χ1) is 8.30. The van der Waals surface area contributed by atoms with Crippen molar-refractivity contribution in [3.63, 3.8) is 0 Å². The number of halogens is 3. The second-order valence-corrected chi connectivity index (χ2v) is 3.18. The van der Waals surface area contributed by atoms with Gasteiger partial charge in [0.05, 0.1) is 11.8 Å². The van der Waals surface area contributed by atoms with Crippen LogP contribution in [0.15, 0.2) is 29.4 Å². The number of hydrazone groups is 1. The molecule has 0 saturated carbocycles. The Labute approximate surface area is 99.5 Å². The van der Waals surface area contributed by atoms with Crippen LogP contribution in [0.4, 0.5) is 13.2 Å². The molecule has 0 aromatic heterocycles. The predicted molar refractivity (Wildman–Crippen MR) is 56.4 cm³/mol. The molecule has 3 N–H and O–H groups in total. The van der Waals surface area contributed by atoms with Crippen molar-refractivity contribution >= 4 is 18.0 Å². The highest BCUT2D eigenvalue weighted by Crippen LogP contribution is 2.28. The second kappa shape index (κ2) is 5.30. The summed E-state index contributed by atoms with van der Waals surface area (Å²) >= 11 is 0. The van der Waals surface area contributed by atoms with Crippen LogP contribution in [0.2, 0.25) is 0 Å². The standard InChI is InChI=1S/C10H8F3N3O2/c11-10(12,13)7-3-1-6(2-4-7)5-15-16-9(18)8(14)17/h1-5H,(H2,14,17)(H,16,18)/b15-5-. The summed E-state index contributed by atoms with van der Waals surface area (Å²) in [6.07, 6.45) is -3.32. The number of amides is 2. The second-order valence-electron chi connectivity index (χ2n) is 3.18. The van der Waals surface area contributed by atoms with E-state index in [9.17, 15) is 22.8 Å². The van der Waals surface area contributed by atoms with Gasteiger partial charge in [-0.1, -0.05) is 12.1 Å². The van der Waals surface area contributed by atoms with Gasteiger partial charge in [-0.05, 0) is 17.7 Å². The minimum Gasteiger partial charge on any atom is -0.361 e. The lowest BCUT2D eigenvalue weighted by Gasteiger charge is -2.05. The maximum Gasteiger partial charge on any atom is 0.416 e. The molecule has 0 spiro atoms. The van der Waals surface area contributed by atoms with E-state index in [-0.39, 0.29) is 0 Å². The SMILES string of the molecule is NC(=O)C(=O)N/N=C\c1ccc(C(F)(F)F)cc1. The lowest BCUT2D eigenvalue weighted by Crippen LogP contribution is -2.32. The number of hydrogen-bond donors (Lipinski definition) is 2. The highest BCUT2D eigenvalue weighted by molar-refractivity contribution is 6.34. The number of nitrogens with two attached hydrogens (primary N) is 1. The Morgan fingerprint density at radius 3 is 2.22 bits per heavy atom. The van der Waals surface area contributed by atoms with Crippen LogP contribution in [0, 0.1) is 0 Å². The Bertz CT molecular complexity index is 480. The fourth-order valence-electron chi connectivity index (χ4n) is 0.979. The quantitative estimate of drug-likeness (QED) is 0.464. The number of alkyl halides is 3. The van der Waals surface area contributed by atoms with Crippen LogP contribution >= 0.6 is 0 Å². The van der Waals surface area contributed by atoms with Crippen molar-refractivity contribution in [1.29, 1.82) is 0 Å². The number of nitrogens with zero attached hydrogens (tertiary/aromatic N) is 1. The van der Waals surface area contributed by atoms with Crippen molar-refractivity contribution in [2.75, 3.05) is 0 Å². The Morgan fingerprint density at radius 2 is 1.78 bits per heavy atom. The zero-order chi connectivity index (χ0) is 13.8. The van der Waals surface area contributed by atoms with E-state index in [2.05, 4.69) is 10.8 Å². The molecule has 18 heavy (non-hydrogen) atoms. The molecular formula is C10H8F3N3O2. The lowest BCUT2D eigenvalue weighted by atomic mass is 10.1. The van der Waals surface area contributed by atoms with E-state index >= 15 is 0 Å². The van der Waals surface area contributed by atoms with E-state index in [0.717, 1.165) is 18.3 Å². The average molecular weight is 259 g/mol. The normalized spacial score (nSPS) is 11.5. The van der Waals surface area contributed by atoms with Crippen molar-refractivity contribution in [1.82, 2.24) is 5.43 Å². The number of nitrogens with one attached hydrogen (secondary N) is 1. The summed E-state index contributed by atoms with van der Waals surface area (Å²) in [4.78, 5) is 21.0. The predicted octanol–water partition coefficient (Wildman–Crippen LogP) is 0.641. The molecule has 0 aliphatic rings. The van der Waals surface area contributed by atoms with Gasteiger partial charge in [0.1, 0.15) is 0 Å². The molecule has 96 valence electrons. The third-order valence-corrected chi connectivity index (χ3v) is 1.84. The maximum absolute atomic E-state index is 12.2. The van der Waals surface area contributed by atoms with Crippen LogP contribution in [0.25, 0.3) is 0 Å². The number of hydrogen-bond acceptors (Lipinski definition) is 3. The summed E-state index contributed by atoms with van der Waals surface area (Å²) in [5.41, 5.74) is 5.98. The molecule has 0 saturated heterocycles. The van der Waals surface area contributed by atoms with Crippen LogP contribution in [0.3, 0.4) is 0 Å². The first-order valence-electron chi connectivity index (χ1n) is 4.61. The smallest absolute Gasteiger partial charge is 0.361 e. The largest absolute Gasteiger partial charge is 0.416 e. The molecule has 0 aliphatic heterocycles. The van der Waals surface area contributed by atoms with E-state index < -0.39 is 23.6 Å². The van der Waals surface area contributed by atoms with Gasteiger partial charge in [-0.25, -0.2) is 5.43 Å². The highest BCUT2D eigenvalue weighted by atomic mass is 19.4. The molecule has 0 unspecified atom stereocenters. The van der Waals surface area contributed by atoms with E-state index in [0.29, 0.717) is 5.56 Å². The van der Waals surface area contributed by atoms with Crippen molar-refractivity contribution < 1.29 is 22.8 Å². The first-order valence-corrected chi connectivity index (χ1v) is 4.61. The van der Waals surface area contributed by atoms with Gasteiger partial charge in [-0.2, -0.15) is 18.3 Å². The van der Waals surface area contributed by atoms with E-state index in [1.165, 1.54) is 12.1 Å². The zero-order valence-corrected chi connectivity index (χ0v) is 8.86. The zero-order valence-electron chi connectivity index (χ0n) is 8.86. The summed E-state index contributed by atoms with van der Waals surface area (Å²) in [7, 11) is 0. The van der Waals surface area contributed by atoms with Gasteiger partial charge < -0.3 is 5.73 Å². The van der Waals surface area contributed by atoms with Crippen molar-refractivity contribution in [2.45, 2.75) is 6.18 Å². The van der Waals surface area contributed by atoms with Gasteiger partial charge in [0.15, 0.2) is 0 Å². The molecule has 0 fully saturated rings. The number of rotatable bonds is 2. The number of carbonyl (C=O) groups excluding carboxylic acids is 2. The fourth-order valence-corrected chi connectivity index (χ4v) is 0.979. The topological polar surface area (TPSA) is 84.5 Å². The molecule has 5 nitrogen and oxygen atoms in total. The van der Waals surface area contributed by atoms with Crippen molar-refractivity contribution in [3.8, 4) is 0 Å². The van der Waals surface area contributed by atoms with Gasteiger partial charge in [-0.3, -0.25) is 9.59 Å². The van der Waals surface area contributed by atoms with Crippen LogP contribution < -0.4 is 11.2 Å². The molecule has 0 aliphatic carbocycles. The van der Waals surface area contributed by atoms with E-state index in [1.54, 1.807) is 0 Å². The number of benzene rings is 1. The Hall–Kier alpha value is -2.38. The Morgan fingerprint density at radius 1 is 1.22 bits per heavy atom.